The molecule has 0 fully saturated rings. The molecule has 0 atom stereocenters. The lowest BCUT2D eigenvalue weighted by Crippen LogP contribution is -2.12. The van der Waals surface area contributed by atoms with Gasteiger partial charge in [-0.3, -0.25) is 0 Å². The first-order valence-corrected chi connectivity index (χ1v) is 8.37. The summed E-state index contributed by atoms with van der Waals surface area (Å²) in [7, 11) is -3.43. The monoisotopic (exact) mass is 298 g/mol. The van der Waals surface area contributed by atoms with E-state index < -0.39 is 15.8 Å². The predicted molar refractivity (Wildman–Crippen MR) is 79.0 cm³/mol. The van der Waals surface area contributed by atoms with E-state index in [-0.39, 0.29) is 16.2 Å². The molecule has 0 radical (unpaired) electrons. The number of carboxylic acids is 1. The highest BCUT2D eigenvalue weighted by atomic mass is 32.2. The molecule has 0 saturated heterocycles. The van der Waals surface area contributed by atoms with Crippen LogP contribution in [-0.4, -0.2) is 25.2 Å². The quantitative estimate of drug-likeness (QED) is 0.875. The fraction of sp³-hybridized carbons (Fsp3) is 0.533. The molecule has 0 amide bonds. The number of benzene rings is 1. The van der Waals surface area contributed by atoms with Crippen molar-refractivity contribution in [1.82, 2.24) is 0 Å². The zero-order valence-electron chi connectivity index (χ0n) is 12.4. The highest BCUT2D eigenvalue weighted by Crippen LogP contribution is 2.23. The molecule has 4 nitrogen and oxygen atoms in total. The fourth-order valence-electron chi connectivity index (χ4n) is 2.07. The molecule has 1 aromatic rings. The Morgan fingerprint density at radius 3 is 2.35 bits per heavy atom. The van der Waals surface area contributed by atoms with Gasteiger partial charge in [0.25, 0.3) is 0 Å². The van der Waals surface area contributed by atoms with Crippen LogP contribution < -0.4 is 0 Å². The Bertz CT molecular complexity index is 601. The van der Waals surface area contributed by atoms with E-state index in [1.165, 1.54) is 12.1 Å². The second-order valence-electron chi connectivity index (χ2n) is 5.58. The number of hydrogen-bond acceptors (Lipinski definition) is 3. The van der Waals surface area contributed by atoms with Gasteiger partial charge in [0.05, 0.1) is 16.2 Å². The van der Waals surface area contributed by atoms with Gasteiger partial charge in [0.2, 0.25) is 0 Å². The van der Waals surface area contributed by atoms with E-state index in [2.05, 4.69) is 0 Å². The summed E-state index contributed by atoms with van der Waals surface area (Å²) < 4.78 is 24.7. The van der Waals surface area contributed by atoms with Gasteiger partial charge in [-0.2, -0.15) is 0 Å². The zero-order chi connectivity index (χ0) is 15.5. The Labute approximate surface area is 120 Å². The lowest BCUT2D eigenvalue weighted by Gasteiger charge is -2.12. The highest BCUT2D eigenvalue weighted by Gasteiger charge is 2.20. The van der Waals surface area contributed by atoms with Gasteiger partial charge in [-0.05, 0) is 55.9 Å². The number of aryl methyl sites for hydroxylation is 1. The molecular formula is C15H22O4S. The molecule has 0 unspecified atom stereocenters. The number of aromatic carboxylic acids is 1. The smallest absolute Gasteiger partial charge is 0.335 e. The average Bonchev–Trinajstić information content (AvgIpc) is 2.31. The van der Waals surface area contributed by atoms with Crippen LogP contribution in [0.15, 0.2) is 17.0 Å². The molecule has 112 valence electrons. The van der Waals surface area contributed by atoms with Gasteiger partial charge < -0.3 is 5.11 Å². The molecule has 0 aliphatic carbocycles. The van der Waals surface area contributed by atoms with Crippen molar-refractivity contribution in [2.45, 2.75) is 45.4 Å². The van der Waals surface area contributed by atoms with E-state index >= 15 is 0 Å². The topological polar surface area (TPSA) is 71.4 Å². The van der Waals surface area contributed by atoms with Crippen molar-refractivity contribution < 1.29 is 18.3 Å². The summed E-state index contributed by atoms with van der Waals surface area (Å²) in [5, 5.41) is 9.04. The molecule has 1 rings (SSSR count). The van der Waals surface area contributed by atoms with Crippen molar-refractivity contribution in [3.8, 4) is 0 Å². The van der Waals surface area contributed by atoms with E-state index in [1.807, 2.05) is 13.8 Å². The van der Waals surface area contributed by atoms with Gasteiger partial charge in [-0.25, -0.2) is 13.2 Å². The number of hydrogen-bond donors (Lipinski definition) is 1. The van der Waals surface area contributed by atoms with Crippen LogP contribution in [0.2, 0.25) is 0 Å². The molecule has 1 aromatic carbocycles. The molecule has 0 heterocycles. The summed E-state index contributed by atoms with van der Waals surface area (Å²) in [6, 6.07) is 2.78. The minimum absolute atomic E-state index is 0.0236. The lowest BCUT2D eigenvalue weighted by molar-refractivity contribution is 0.0696. The number of sulfone groups is 1. The van der Waals surface area contributed by atoms with Crippen molar-refractivity contribution in [2.75, 3.05) is 5.75 Å². The summed E-state index contributed by atoms with van der Waals surface area (Å²) in [6.45, 7) is 7.55. The first kappa shape index (κ1) is 16.7. The fourth-order valence-corrected chi connectivity index (χ4v) is 3.77. The van der Waals surface area contributed by atoms with Crippen molar-refractivity contribution in [1.29, 1.82) is 0 Å². The number of rotatable bonds is 6. The molecule has 0 saturated carbocycles. The van der Waals surface area contributed by atoms with Gasteiger partial charge in [-0.1, -0.05) is 13.8 Å². The van der Waals surface area contributed by atoms with E-state index in [9.17, 15) is 13.2 Å². The summed E-state index contributed by atoms with van der Waals surface area (Å²) >= 11 is 0. The maximum Gasteiger partial charge on any atom is 0.335 e. The molecule has 0 bridgehead atoms. The summed E-state index contributed by atoms with van der Waals surface area (Å²) in [4.78, 5) is 11.2. The highest BCUT2D eigenvalue weighted by molar-refractivity contribution is 7.91. The SMILES string of the molecule is Cc1cc(C(=O)O)cc(S(=O)(=O)CCCC(C)C)c1C. The third kappa shape index (κ3) is 4.07. The third-order valence-corrected chi connectivity index (χ3v) is 5.32. The molecule has 1 N–H and O–H groups in total. The Hall–Kier alpha value is -1.36. The van der Waals surface area contributed by atoms with Crippen LogP contribution in [0.1, 0.15) is 48.2 Å². The summed E-state index contributed by atoms with van der Waals surface area (Å²) in [6.07, 6.45) is 1.44. The Kier molecular flexibility index (Phi) is 5.34. The van der Waals surface area contributed by atoms with Crippen molar-refractivity contribution >= 4 is 15.8 Å². The largest absolute Gasteiger partial charge is 0.478 e. The van der Waals surface area contributed by atoms with Crippen molar-refractivity contribution in [3.05, 3.63) is 28.8 Å². The normalized spacial score (nSPS) is 11.8. The molecule has 20 heavy (non-hydrogen) atoms. The van der Waals surface area contributed by atoms with E-state index in [1.54, 1.807) is 13.8 Å². The maximum absolute atomic E-state index is 12.4. The van der Waals surface area contributed by atoms with E-state index in [0.717, 1.165) is 6.42 Å². The molecule has 0 aromatic heterocycles. The second-order valence-corrected chi connectivity index (χ2v) is 7.65. The first-order chi connectivity index (χ1) is 9.15. The van der Waals surface area contributed by atoms with E-state index in [0.29, 0.717) is 23.5 Å². The van der Waals surface area contributed by atoms with Crippen LogP contribution in [0.4, 0.5) is 0 Å². The van der Waals surface area contributed by atoms with Crippen LogP contribution in [0.25, 0.3) is 0 Å². The van der Waals surface area contributed by atoms with Gasteiger partial charge in [0, 0.05) is 0 Å². The molecule has 0 spiro atoms. The number of carbonyl (C=O) groups is 1. The predicted octanol–water partition coefficient (Wildman–Crippen LogP) is 3.21. The van der Waals surface area contributed by atoms with E-state index in [4.69, 9.17) is 5.11 Å². The van der Waals surface area contributed by atoms with Gasteiger partial charge in [0.1, 0.15) is 0 Å². The van der Waals surface area contributed by atoms with Crippen LogP contribution in [0.3, 0.4) is 0 Å². The standard InChI is InChI=1S/C15H22O4S/c1-10(2)6-5-7-20(18,19)14-9-13(15(16)17)8-11(3)12(14)4/h8-10H,5-7H2,1-4H3,(H,16,17). The average molecular weight is 298 g/mol. The minimum atomic E-state index is -3.43. The Morgan fingerprint density at radius 2 is 1.85 bits per heavy atom. The van der Waals surface area contributed by atoms with Crippen LogP contribution in [0.5, 0.6) is 0 Å². The van der Waals surface area contributed by atoms with Crippen LogP contribution >= 0.6 is 0 Å². The summed E-state index contributed by atoms with van der Waals surface area (Å²) in [5.41, 5.74) is 1.35. The van der Waals surface area contributed by atoms with Crippen LogP contribution in [0, 0.1) is 19.8 Å². The van der Waals surface area contributed by atoms with Crippen molar-refractivity contribution in [2.24, 2.45) is 5.92 Å². The lowest BCUT2D eigenvalue weighted by atomic mass is 10.1. The molecule has 0 aliphatic heterocycles. The maximum atomic E-state index is 12.4. The number of carboxylic acid groups (broad SMARTS) is 1. The third-order valence-electron chi connectivity index (χ3n) is 3.40. The summed E-state index contributed by atoms with van der Waals surface area (Å²) in [5.74, 6) is -0.584. The molecular weight excluding hydrogens is 276 g/mol. The Morgan fingerprint density at radius 1 is 1.25 bits per heavy atom. The molecule has 0 aliphatic rings. The molecule has 5 heteroatoms. The van der Waals surface area contributed by atoms with Crippen molar-refractivity contribution in [3.63, 3.8) is 0 Å². The second kappa shape index (κ2) is 6.39. The Balaban J connectivity index is 3.14. The van der Waals surface area contributed by atoms with Gasteiger partial charge in [-0.15, -0.1) is 0 Å². The first-order valence-electron chi connectivity index (χ1n) is 6.72. The van der Waals surface area contributed by atoms with Gasteiger partial charge >= 0.3 is 5.97 Å². The minimum Gasteiger partial charge on any atom is -0.478 e. The zero-order valence-corrected chi connectivity index (χ0v) is 13.3. The van der Waals surface area contributed by atoms with Gasteiger partial charge in [0.15, 0.2) is 9.84 Å². The van der Waals surface area contributed by atoms with Crippen LogP contribution in [-0.2, 0) is 9.84 Å².